The fourth-order valence-corrected chi connectivity index (χ4v) is 2.12. The zero-order valence-electron chi connectivity index (χ0n) is 12.8. The van der Waals surface area contributed by atoms with Crippen LogP contribution in [0.1, 0.15) is 37.2 Å². The van der Waals surface area contributed by atoms with Crippen molar-refractivity contribution >= 4 is 6.08 Å². The largest absolute Gasteiger partial charge is 0.485 e. The molecule has 0 unspecified atom stereocenters. The lowest BCUT2D eigenvalue weighted by Crippen LogP contribution is -2.14. The summed E-state index contributed by atoms with van der Waals surface area (Å²) in [5.74, 6) is 1.76. The van der Waals surface area contributed by atoms with Crippen LogP contribution >= 0.6 is 0 Å². The van der Waals surface area contributed by atoms with E-state index < -0.39 is 0 Å². The Bertz CT molecular complexity index is 572. The molecule has 0 aliphatic heterocycles. The van der Waals surface area contributed by atoms with Crippen LogP contribution < -0.4 is 10.1 Å². The number of hydrogen-bond acceptors (Lipinski definition) is 3. The van der Waals surface area contributed by atoms with Gasteiger partial charge in [0.05, 0.1) is 6.26 Å². The van der Waals surface area contributed by atoms with E-state index in [9.17, 15) is 0 Å². The van der Waals surface area contributed by atoms with Crippen molar-refractivity contribution < 1.29 is 9.15 Å². The van der Waals surface area contributed by atoms with Gasteiger partial charge in [-0.2, -0.15) is 0 Å². The van der Waals surface area contributed by atoms with Crippen molar-refractivity contribution in [3.05, 3.63) is 59.6 Å². The predicted molar refractivity (Wildman–Crippen MR) is 86.2 cm³/mol. The average molecular weight is 285 g/mol. The Morgan fingerprint density at radius 1 is 1.24 bits per heavy atom. The number of hydrogen-bond donors (Lipinski definition) is 1. The number of furan rings is 1. The van der Waals surface area contributed by atoms with Gasteiger partial charge in [-0.1, -0.05) is 37.3 Å². The van der Waals surface area contributed by atoms with Gasteiger partial charge in [0.15, 0.2) is 0 Å². The summed E-state index contributed by atoms with van der Waals surface area (Å²) >= 11 is 0. The van der Waals surface area contributed by atoms with Gasteiger partial charge in [-0.3, -0.25) is 0 Å². The van der Waals surface area contributed by atoms with E-state index in [-0.39, 0.29) is 0 Å². The van der Waals surface area contributed by atoms with Crippen molar-refractivity contribution in [2.24, 2.45) is 0 Å². The monoisotopic (exact) mass is 285 g/mol. The molecule has 1 heterocycles. The van der Waals surface area contributed by atoms with Crippen molar-refractivity contribution in [1.29, 1.82) is 0 Å². The van der Waals surface area contributed by atoms with Gasteiger partial charge in [0.2, 0.25) is 0 Å². The molecular formula is C18H23NO2. The topological polar surface area (TPSA) is 34.4 Å². The van der Waals surface area contributed by atoms with Crippen LogP contribution in [0.25, 0.3) is 6.08 Å². The molecule has 0 bridgehead atoms. The third-order valence-electron chi connectivity index (χ3n) is 3.20. The van der Waals surface area contributed by atoms with E-state index in [0.29, 0.717) is 6.61 Å². The van der Waals surface area contributed by atoms with Gasteiger partial charge in [-0.05, 0) is 32.0 Å². The second kappa shape index (κ2) is 8.32. The van der Waals surface area contributed by atoms with Gasteiger partial charge in [-0.25, -0.2) is 0 Å². The molecule has 0 saturated heterocycles. The van der Waals surface area contributed by atoms with Crippen LogP contribution in [0.2, 0.25) is 0 Å². The van der Waals surface area contributed by atoms with Crippen LogP contribution in [0.5, 0.6) is 5.75 Å². The summed E-state index contributed by atoms with van der Waals surface area (Å²) < 4.78 is 11.4. The van der Waals surface area contributed by atoms with Gasteiger partial charge >= 0.3 is 0 Å². The molecule has 112 valence electrons. The summed E-state index contributed by atoms with van der Waals surface area (Å²) in [5, 5.41) is 3.38. The van der Waals surface area contributed by atoms with E-state index in [1.165, 1.54) is 0 Å². The lowest BCUT2D eigenvalue weighted by atomic mass is 10.2. The number of allylic oxidation sites excluding steroid dienone is 1. The molecule has 0 fully saturated rings. The van der Waals surface area contributed by atoms with E-state index >= 15 is 0 Å². The Morgan fingerprint density at radius 2 is 2.10 bits per heavy atom. The predicted octanol–water partition coefficient (Wildman–Crippen LogP) is 4.39. The zero-order valence-corrected chi connectivity index (χ0v) is 12.8. The van der Waals surface area contributed by atoms with E-state index in [2.05, 4.69) is 12.2 Å². The smallest absolute Gasteiger partial charge is 0.146 e. The van der Waals surface area contributed by atoms with Gasteiger partial charge in [0.1, 0.15) is 18.1 Å². The molecule has 1 N–H and O–H groups in total. The highest BCUT2D eigenvalue weighted by Crippen LogP contribution is 2.21. The lowest BCUT2D eigenvalue weighted by molar-refractivity contribution is 0.267. The minimum atomic E-state index is 0.449. The van der Waals surface area contributed by atoms with Crippen LogP contribution in [0.15, 0.2) is 47.1 Å². The van der Waals surface area contributed by atoms with Crippen molar-refractivity contribution in [3.8, 4) is 5.75 Å². The molecule has 0 amide bonds. The second-order valence-corrected chi connectivity index (χ2v) is 4.87. The lowest BCUT2D eigenvalue weighted by Gasteiger charge is -2.09. The standard InChI is InChI=1S/C18H23NO2/c1-3-7-15-8-5-6-9-17(15)21-14-18-16(10-12-20-18)13-19-11-4-2/h3,5-10,12,19H,4,11,13-14H2,1-2H3. The van der Waals surface area contributed by atoms with Crippen LogP contribution in [0.4, 0.5) is 0 Å². The van der Waals surface area contributed by atoms with Gasteiger partial charge < -0.3 is 14.5 Å². The summed E-state index contributed by atoms with van der Waals surface area (Å²) in [6, 6.07) is 10.0. The van der Waals surface area contributed by atoms with Crippen LogP contribution in [-0.4, -0.2) is 6.54 Å². The molecule has 0 radical (unpaired) electrons. The molecule has 0 saturated carbocycles. The maximum absolute atomic E-state index is 5.91. The van der Waals surface area contributed by atoms with Gasteiger partial charge in [0.25, 0.3) is 0 Å². The summed E-state index contributed by atoms with van der Waals surface area (Å²) in [5.41, 5.74) is 2.24. The number of benzene rings is 1. The molecule has 21 heavy (non-hydrogen) atoms. The first kappa shape index (κ1) is 15.4. The summed E-state index contributed by atoms with van der Waals surface area (Å²) in [7, 11) is 0. The molecule has 0 atom stereocenters. The summed E-state index contributed by atoms with van der Waals surface area (Å²) in [6.45, 7) is 6.44. The Kier molecular flexibility index (Phi) is 6.10. The Labute approximate surface area is 126 Å². The van der Waals surface area contributed by atoms with Crippen molar-refractivity contribution in [1.82, 2.24) is 5.32 Å². The highest BCUT2D eigenvalue weighted by molar-refractivity contribution is 5.56. The Morgan fingerprint density at radius 3 is 2.90 bits per heavy atom. The van der Waals surface area contributed by atoms with E-state index in [4.69, 9.17) is 9.15 Å². The van der Waals surface area contributed by atoms with Crippen molar-refractivity contribution in [2.75, 3.05) is 6.54 Å². The molecular weight excluding hydrogens is 262 g/mol. The highest BCUT2D eigenvalue weighted by Gasteiger charge is 2.08. The first-order chi connectivity index (χ1) is 10.3. The molecule has 2 rings (SSSR count). The first-order valence-corrected chi connectivity index (χ1v) is 7.45. The second-order valence-electron chi connectivity index (χ2n) is 4.87. The highest BCUT2D eigenvalue weighted by atomic mass is 16.5. The third-order valence-corrected chi connectivity index (χ3v) is 3.20. The molecule has 0 aliphatic rings. The quantitative estimate of drug-likeness (QED) is 0.730. The van der Waals surface area contributed by atoms with Crippen molar-refractivity contribution in [2.45, 2.75) is 33.4 Å². The molecule has 3 heteroatoms. The fraction of sp³-hybridized carbons (Fsp3) is 0.333. The third kappa shape index (κ3) is 4.50. The first-order valence-electron chi connectivity index (χ1n) is 7.45. The van der Waals surface area contributed by atoms with Crippen LogP contribution in [-0.2, 0) is 13.2 Å². The van der Waals surface area contributed by atoms with Crippen molar-refractivity contribution in [3.63, 3.8) is 0 Å². The average Bonchev–Trinajstić information content (AvgIpc) is 2.94. The molecule has 0 aliphatic carbocycles. The maximum atomic E-state index is 5.91. The molecule has 1 aromatic carbocycles. The van der Waals surface area contributed by atoms with E-state index in [1.807, 2.05) is 49.4 Å². The van der Waals surface area contributed by atoms with Crippen LogP contribution in [0, 0.1) is 0 Å². The minimum absolute atomic E-state index is 0.449. The maximum Gasteiger partial charge on any atom is 0.146 e. The summed E-state index contributed by atoms with van der Waals surface area (Å²) in [4.78, 5) is 0. The number of rotatable bonds is 8. The molecule has 0 spiro atoms. The normalized spacial score (nSPS) is 11.1. The van der Waals surface area contributed by atoms with Gasteiger partial charge in [0, 0.05) is 17.7 Å². The van der Waals surface area contributed by atoms with E-state index in [0.717, 1.165) is 42.1 Å². The zero-order chi connectivity index (χ0) is 14.9. The van der Waals surface area contributed by atoms with E-state index in [1.54, 1.807) is 6.26 Å². The minimum Gasteiger partial charge on any atom is -0.485 e. The summed E-state index contributed by atoms with van der Waals surface area (Å²) in [6.07, 6.45) is 6.90. The number of ether oxygens (including phenoxy) is 1. The molecule has 3 nitrogen and oxygen atoms in total. The van der Waals surface area contributed by atoms with Gasteiger partial charge in [-0.15, -0.1) is 0 Å². The molecule has 1 aromatic heterocycles. The number of para-hydroxylation sites is 1. The SMILES string of the molecule is CC=Cc1ccccc1OCc1occc1CNCCC. The fourth-order valence-electron chi connectivity index (χ4n) is 2.12. The number of nitrogens with one attached hydrogen (secondary N) is 1. The Hall–Kier alpha value is -2.00. The molecule has 2 aromatic rings. The van der Waals surface area contributed by atoms with Crippen LogP contribution in [0.3, 0.4) is 0 Å². The Balaban J connectivity index is 1.99.